The molecule has 6 heteroatoms. The molecule has 2 aromatic rings. The van der Waals surface area contributed by atoms with E-state index in [1.54, 1.807) is 24.3 Å². The maximum atomic E-state index is 12.0. The lowest BCUT2D eigenvalue weighted by Gasteiger charge is -2.13. The molecule has 0 aliphatic carbocycles. The second-order valence-corrected chi connectivity index (χ2v) is 5.28. The van der Waals surface area contributed by atoms with E-state index in [2.05, 4.69) is 16.0 Å². The van der Waals surface area contributed by atoms with E-state index < -0.39 is 0 Å². The molecule has 0 fully saturated rings. The van der Waals surface area contributed by atoms with E-state index in [-0.39, 0.29) is 11.9 Å². The summed E-state index contributed by atoms with van der Waals surface area (Å²) < 4.78 is 0. The van der Waals surface area contributed by atoms with E-state index in [1.165, 1.54) is 6.92 Å². The Kier molecular flexibility index (Phi) is 5.19. The summed E-state index contributed by atoms with van der Waals surface area (Å²) in [4.78, 5) is 24.9. The third-order valence-corrected chi connectivity index (χ3v) is 3.10. The first kappa shape index (κ1) is 16.4. The molecular weight excluding hydrogens is 292 g/mol. The normalized spacial score (nSPS) is 9.87. The largest absolute Gasteiger partial charge is 0.378 e. The summed E-state index contributed by atoms with van der Waals surface area (Å²) in [6, 6.07) is 14.1. The second kappa shape index (κ2) is 7.31. The number of hydrogen-bond acceptors (Lipinski definition) is 3. The summed E-state index contributed by atoms with van der Waals surface area (Å²) >= 11 is 0. The van der Waals surface area contributed by atoms with Crippen LogP contribution in [0.1, 0.15) is 6.92 Å². The van der Waals surface area contributed by atoms with Crippen LogP contribution in [0.2, 0.25) is 0 Å². The van der Waals surface area contributed by atoms with Gasteiger partial charge < -0.3 is 20.9 Å². The molecule has 120 valence electrons. The van der Waals surface area contributed by atoms with Gasteiger partial charge in [0.25, 0.3) is 0 Å². The molecule has 0 heterocycles. The first-order chi connectivity index (χ1) is 10.9. The fourth-order valence-corrected chi connectivity index (χ4v) is 1.98. The topological polar surface area (TPSA) is 73.5 Å². The predicted molar refractivity (Wildman–Crippen MR) is 94.2 cm³/mol. The third-order valence-electron chi connectivity index (χ3n) is 3.10. The second-order valence-electron chi connectivity index (χ2n) is 5.28. The number of rotatable bonds is 4. The number of carbonyl (C=O) groups excluding carboxylic acids is 2. The fourth-order valence-electron chi connectivity index (χ4n) is 1.98. The van der Waals surface area contributed by atoms with Crippen LogP contribution in [-0.2, 0) is 4.79 Å². The molecule has 0 bridgehead atoms. The van der Waals surface area contributed by atoms with Crippen LogP contribution >= 0.6 is 0 Å². The molecule has 0 aliphatic rings. The van der Waals surface area contributed by atoms with Crippen LogP contribution in [0.5, 0.6) is 0 Å². The Morgan fingerprint density at radius 2 is 1.13 bits per heavy atom. The number of urea groups is 1. The van der Waals surface area contributed by atoms with Gasteiger partial charge in [-0.1, -0.05) is 0 Å². The van der Waals surface area contributed by atoms with Crippen molar-refractivity contribution >= 4 is 34.7 Å². The highest BCUT2D eigenvalue weighted by atomic mass is 16.2. The number of hydrogen-bond donors (Lipinski definition) is 3. The molecule has 0 aliphatic heterocycles. The highest BCUT2D eigenvalue weighted by Gasteiger charge is 2.04. The SMILES string of the molecule is CC(=O)Nc1ccc(NC(=O)Nc2ccc(N(C)C)cc2)cc1. The minimum Gasteiger partial charge on any atom is -0.378 e. The van der Waals surface area contributed by atoms with Gasteiger partial charge >= 0.3 is 6.03 Å². The lowest BCUT2D eigenvalue weighted by atomic mass is 10.2. The van der Waals surface area contributed by atoms with Gasteiger partial charge in [0, 0.05) is 43.8 Å². The van der Waals surface area contributed by atoms with E-state index >= 15 is 0 Å². The van der Waals surface area contributed by atoms with Gasteiger partial charge in [0.2, 0.25) is 5.91 Å². The summed E-state index contributed by atoms with van der Waals surface area (Å²) in [6.45, 7) is 1.45. The molecule has 2 aromatic carbocycles. The molecule has 0 saturated carbocycles. The standard InChI is InChI=1S/C17H20N4O2/c1-12(22)18-13-4-6-14(7-5-13)19-17(23)20-15-8-10-16(11-9-15)21(2)3/h4-11H,1-3H3,(H,18,22)(H2,19,20,23). The molecule has 0 radical (unpaired) electrons. The number of nitrogens with one attached hydrogen (secondary N) is 3. The Morgan fingerprint density at radius 3 is 1.52 bits per heavy atom. The first-order valence-corrected chi connectivity index (χ1v) is 7.17. The molecule has 3 amide bonds. The van der Waals surface area contributed by atoms with Crippen molar-refractivity contribution in [1.82, 2.24) is 0 Å². The summed E-state index contributed by atoms with van der Waals surface area (Å²) in [5.41, 5.74) is 3.09. The Balaban J connectivity index is 1.92. The average Bonchev–Trinajstić information content (AvgIpc) is 2.49. The van der Waals surface area contributed by atoms with Gasteiger partial charge in [0.1, 0.15) is 0 Å². The van der Waals surface area contributed by atoms with Crippen LogP contribution in [0.25, 0.3) is 0 Å². The van der Waals surface area contributed by atoms with Crippen molar-refractivity contribution in [2.45, 2.75) is 6.92 Å². The zero-order valence-corrected chi connectivity index (χ0v) is 13.4. The summed E-state index contributed by atoms with van der Waals surface area (Å²) in [7, 11) is 3.92. The Morgan fingerprint density at radius 1 is 0.739 bits per heavy atom. The third kappa shape index (κ3) is 5.03. The van der Waals surface area contributed by atoms with Crippen molar-refractivity contribution < 1.29 is 9.59 Å². The van der Waals surface area contributed by atoms with Crippen molar-refractivity contribution in [1.29, 1.82) is 0 Å². The van der Waals surface area contributed by atoms with E-state index in [4.69, 9.17) is 0 Å². The summed E-state index contributed by atoms with van der Waals surface area (Å²) in [5.74, 6) is -0.135. The predicted octanol–water partition coefficient (Wildman–Crippen LogP) is 3.36. The van der Waals surface area contributed by atoms with Gasteiger partial charge in [-0.2, -0.15) is 0 Å². The van der Waals surface area contributed by atoms with Crippen molar-refractivity contribution in [3.63, 3.8) is 0 Å². The van der Waals surface area contributed by atoms with Crippen molar-refractivity contribution in [2.24, 2.45) is 0 Å². The monoisotopic (exact) mass is 312 g/mol. The first-order valence-electron chi connectivity index (χ1n) is 7.17. The zero-order chi connectivity index (χ0) is 16.8. The van der Waals surface area contributed by atoms with Gasteiger partial charge in [0.15, 0.2) is 0 Å². The molecule has 0 atom stereocenters. The van der Waals surface area contributed by atoms with Gasteiger partial charge in [-0.3, -0.25) is 4.79 Å². The maximum absolute atomic E-state index is 12.0. The van der Waals surface area contributed by atoms with Gasteiger partial charge in [-0.25, -0.2) is 4.79 Å². The van der Waals surface area contributed by atoms with Crippen LogP contribution in [-0.4, -0.2) is 26.0 Å². The van der Waals surface area contributed by atoms with Crippen molar-refractivity contribution in [3.05, 3.63) is 48.5 Å². The summed E-state index contributed by atoms with van der Waals surface area (Å²) in [5, 5.41) is 8.17. The van der Waals surface area contributed by atoms with Crippen LogP contribution in [0.4, 0.5) is 27.5 Å². The van der Waals surface area contributed by atoms with Gasteiger partial charge in [0.05, 0.1) is 0 Å². The lowest BCUT2D eigenvalue weighted by Crippen LogP contribution is -2.19. The molecule has 6 nitrogen and oxygen atoms in total. The Labute approximate surface area is 135 Å². The minimum absolute atomic E-state index is 0.135. The van der Waals surface area contributed by atoms with E-state index in [0.717, 1.165) is 5.69 Å². The molecule has 0 aromatic heterocycles. The fraction of sp³-hybridized carbons (Fsp3) is 0.176. The summed E-state index contributed by atoms with van der Waals surface area (Å²) in [6.07, 6.45) is 0. The van der Waals surface area contributed by atoms with E-state index in [9.17, 15) is 9.59 Å². The Bertz CT molecular complexity index is 679. The van der Waals surface area contributed by atoms with Crippen LogP contribution < -0.4 is 20.9 Å². The van der Waals surface area contributed by atoms with Crippen LogP contribution in [0.3, 0.4) is 0 Å². The molecule has 2 rings (SSSR count). The maximum Gasteiger partial charge on any atom is 0.323 e. The number of amides is 3. The van der Waals surface area contributed by atoms with E-state index in [1.807, 2.05) is 43.3 Å². The number of anilines is 4. The average molecular weight is 312 g/mol. The van der Waals surface area contributed by atoms with Crippen LogP contribution in [0, 0.1) is 0 Å². The van der Waals surface area contributed by atoms with E-state index in [0.29, 0.717) is 17.1 Å². The minimum atomic E-state index is -0.324. The highest BCUT2D eigenvalue weighted by Crippen LogP contribution is 2.17. The Hall–Kier alpha value is -3.02. The smallest absolute Gasteiger partial charge is 0.323 e. The zero-order valence-electron chi connectivity index (χ0n) is 13.4. The number of carbonyl (C=O) groups is 2. The van der Waals surface area contributed by atoms with Gasteiger partial charge in [-0.05, 0) is 48.5 Å². The molecule has 0 saturated heterocycles. The molecular formula is C17H20N4O2. The molecule has 0 unspecified atom stereocenters. The quantitative estimate of drug-likeness (QED) is 0.810. The van der Waals surface area contributed by atoms with Gasteiger partial charge in [-0.15, -0.1) is 0 Å². The molecule has 3 N–H and O–H groups in total. The number of nitrogens with zero attached hydrogens (tertiary/aromatic N) is 1. The molecule has 0 spiro atoms. The van der Waals surface area contributed by atoms with Crippen LogP contribution in [0.15, 0.2) is 48.5 Å². The van der Waals surface area contributed by atoms with Crippen molar-refractivity contribution in [3.8, 4) is 0 Å². The lowest BCUT2D eigenvalue weighted by molar-refractivity contribution is -0.114. The van der Waals surface area contributed by atoms with Crippen molar-refractivity contribution in [2.75, 3.05) is 34.9 Å². The molecule has 23 heavy (non-hydrogen) atoms. The number of benzene rings is 2. The highest BCUT2D eigenvalue weighted by molar-refractivity contribution is 6.00.